The van der Waals surface area contributed by atoms with Crippen LogP contribution >= 0.6 is 27.5 Å². The number of Topliss-reactive ketones (excluding diaryl/α,β-unsaturated/α-hetero) is 1. The molecule has 7 heteroatoms. The van der Waals surface area contributed by atoms with Crippen molar-refractivity contribution in [2.45, 2.75) is 25.8 Å². The summed E-state index contributed by atoms with van der Waals surface area (Å²) in [5.41, 5.74) is -0.878. The molecule has 0 heterocycles. The first-order chi connectivity index (χ1) is 12.7. The summed E-state index contributed by atoms with van der Waals surface area (Å²) in [7, 11) is 0. The minimum atomic E-state index is -0.878. The minimum Gasteiger partial charge on any atom is -0.471 e. The monoisotopic (exact) mass is 454 g/mol. The van der Waals surface area contributed by atoms with Crippen LogP contribution < -0.4 is 9.47 Å². The van der Waals surface area contributed by atoms with E-state index in [9.17, 15) is 9.59 Å². The van der Waals surface area contributed by atoms with Crippen molar-refractivity contribution in [3.63, 3.8) is 0 Å². The molecule has 5 nitrogen and oxygen atoms in total. The smallest absolute Gasteiger partial charge is 0.302 e. The number of ether oxygens (including phenoxy) is 3. The molecule has 0 saturated heterocycles. The van der Waals surface area contributed by atoms with Gasteiger partial charge in [0.1, 0.15) is 23.9 Å². The zero-order valence-electron chi connectivity index (χ0n) is 15.2. The Bertz CT molecular complexity index is 787. The second-order valence-corrected chi connectivity index (χ2v) is 7.76. The molecule has 0 radical (unpaired) electrons. The van der Waals surface area contributed by atoms with Crippen molar-refractivity contribution in [2.75, 3.05) is 6.61 Å². The molecule has 1 atom stereocenters. The van der Waals surface area contributed by atoms with Gasteiger partial charge in [0.25, 0.3) is 0 Å². The number of carbonyl (C=O) groups is 2. The Morgan fingerprint density at radius 1 is 1.00 bits per heavy atom. The Kier molecular flexibility index (Phi) is 7.27. The fourth-order valence-corrected chi connectivity index (χ4v) is 3.02. The van der Waals surface area contributed by atoms with Gasteiger partial charge >= 0.3 is 5.97 Å². The number of esters is 1. The van der Waals surface area contributed by atoms with Gasteiger partial charge in [-0.05, 0) is 78.3 Å². The summed E-state index contributed by atoms with van der Waals surface area (Å²) in [6.07, 6.45) is 0. The van der Waals surface area contributed by atoms with Crippen molar-refractivity contribution >= 4 is 39.3 Å². The number of benzene rings is 2. The summed E-state index contributed by atoms with van der Waals surface area (Å²) in [4.78, 5) is 23.5. The molecule has 0 fully saturated rings. The molecule has 0 amide bonds. The van der Waals surface area contributed by atoms with E-state index in [0.29, 0.717) is 22.3 Å². The van der Waals surface area contributed by atoms with Crippen LogP contribution in [0.5, 0.6) is 17.2 Å². The molecule has 0 spiro atoms. The van der Waals surface area contributed by atoms with E-state index in [1.54, 1.807) is 62.4 Å². The van der Waals surface area contributed by atoms with E-state index in [0.717, 1.165) is 0 Å². The van der Waals surface area contributed by atoms with E-state index in [1.165, 1.54) is 6.92 Å². The van der Waals surface area contributed by atoms with Crippen LogP contribution in [-0.4, -0.2) is 23.4 Å². The Hall–Kier alpha value is -2.05. The van der Waals surface area contributed by atoms with Crippen LogP contribution in [0.15, 0.2) is 48.5 Å². The Labute approximate surface area is 171 Å². The van der Waals surface area contributed by atoms with Gasteiger partial charge in [-0.15, -0.1) is 0 Å². The molecule has 144 valence electrons. The second kappa shape index (κ2) is 9.24. The lowest BCUT2D eigenvalue weighted by atomic mass is 9.89. The number of halogens is 2. The van der Waals surface area contributed by atoms with E-state index in [-0.39, 0.29) is 12.4 Å². The lowest BCUT2D eigenvalue weighted by molar-refractivity contribution is -0.147. The number of ketones is 1. The third kappa shape index (κ3) is 6.56. The van der Waals surface area contributed by atoms with Crippen LogP contribution in [0.1, 0.15) is 20.8 Å². The van der Waals surface area contributed by atoms with Crippen LogP contribution in [0.2, 0.25) is 5.02 Å². The molecule has 0 saturated carbocycles. The zero-order chi connectivity index (χ0) is 20.0. The quantitative estimate of drug-likeness (QED) is 0.394. The predicted octanol–water partition coefficient (Wildman–Crippen LogP) is 5.39. The van der Waals surface area contributed by atoms with E-state index in [4.69, 9.17) is 25.8 Å². The van der Waals surface area contributed by atoms with Crippen molar-refractivity contribution in [2.24, 2.45) is 5.41 Å². The van der Waals surface area contributed by atoms with Crippen LogP contribution in [0.4, 0.5) is 0 Å². The Morgan fingerprint density at radius 3 is 2.00 bits per heavy atom. The molecule has 2 aromatic rings. The minimum absolute atomic E-state index is 0.0134. The number of hydrogen-bond acceptors (Lipinski definition) is 5. The fraction of sp³-hybridized carbons (Fsp3) is 0.300. The first-order valence-corrected chi connectivity index (χ1v) is 9.48. The summed E-state index contributed by atoms with van der Waals surface area (Å²) >= 11 is 9.09. The standard InChI is InChI=1S/C20H20BrClO5/c1-13(23)25-12-20(2,3)18(24)19(21)27-17-10-8-16(9-11-17)26-15-6-4-14(22)5-7-15/h4-11,19H,12H2,1-3H3. The van der Waals surface area contributed by atoms with Crippen LogP contribution in [-0.2, 0) is 14.3 Å². The predicted molar refractivity (Wildman–Crippen MR) is 107 cm³/mol. The summed E-state index contributed by atoms with van der Waals surface area (Å²) in [5, 5.41) is -0.234. The highest BCUT2D eigenvalue weighted by Crippen LogP contribution is 2.28. The van der Waals surface area contributed by atoms with Crippen molar-refractivity contribution in [1.29, 1.82) is 0 Å². The van der Waals surface area contributed by atoms with Gasteiger partial charge in [0, 0.05) is 11.9 Å². The van der Waals surface area contributed by atoms with E-state index >= 15 is 0 Å². The maximum Gasteiger partial charge on any atom is 0.302 e. The van der Waals surface area contributed by atoms with E-state index in [2.05, 4.69) is 15.9 Å². The Balaban J connectivity index is 1.95. The lowest BCUT2D eigenvalue weighted by Gasteiger charge is -2.25. The average Bonchev–Trinajstić information content (AvgIpc) is 2.63. The molecule has 1 unspecified atom stereocenters. The van der Waals surface area contributed by atoms with Crippen molar-refractivity contribution < 1.29 is 23.8 Å². The maximum atomic E-state index is 12.5. The van der Waals surface area contributed by atoms with Gasteiger partial charge in [0.05, 0.1) is 5.41 Å². The van der Waals surface area contributed by atoms with Gasteiger partial charge in [-0.1, -0.05) is 11.6 Å². The van der Waals surface area contributed by atoms with Gasteiger partial charge in [-0.25, -0.2) is 0 Å². The average molecular weight is 456 g/mol. The summed E-state index contributed by atoms with van der Waals surface area (Å²) < 4.78 is 16.3. The number of alkyl halides is 1. The molecular formula is C20H20BrClO5. The summed E-state index contributed by atoms with van der Waals surface area (Å²) in [6, 6.07) is 13.9. The first-order valence-electron chi connectivity index (χ1n) is 8.19. The molecule has 0 aliphatic heterocycles. The van der Waals surface area contributed by atoms with Crippen LogP contribution in [0, 0.1) is 5.41 Å². The highest BCUT2D eigenvalue weighted by atomic mass is 79.9. The molecule has 0 aliphatic rings. The van der Waals surface area contributed by atoms with Gasteiger partial charge in [-0.2, -0.15) is 0 Å². The number of carbonyl (C=O) groups excluding carboxylic acids is 2. The van der Waals surface area contributed by atoms with Gasteiger partial charge in [-0.3, -0.25) is 9.59 Å². The lowest BCUT2D eigenvalue weighted by Crippen LogP contribution is -2.38. The normalized spacial score (nSPS) is 12.2. The molecule has 27 heavy (non-hydrogen) atoms. The van der Waals surface area contributed by atoms with Gasteiger partial charge < -0.3 is 14.2 Å². The molecule has 2 rings (SSSR count). The van der Waals surface area contributed by atoms with Crippen molar-refractivity contribution in [3.05, 3.63) is 53.6 Å². The van der Waals surface area contributed by atoms with Crippen molar-refractivity contribution in [3.8, 4) is 17.2 Å². The first kappa shape index (κ1) is 21.3. The topological polar surface area (TPSA) is 61.8 Å². The van der Waals surface area contributed by atoms with Crippen LogP contribution in [0.3, 0.4) is 0 Å². The zero-order valence-corrected chi connectivity index (χ0v) is 17.5. The summed E-state index contributed by atoms with van der Waals surface area (Å²) in [6.45, 7) is 4.68. The number of rotatable bonds is 8. The SMILES string of the molecule is CC(=O)OCC(C)(C)C(=O)C(Br)Oc1ccc(Oc2ccc(Cl)cc2)cc1. The number of hydrogen-bond donors (Lipinski definition) is 0. The van der Waals surface area contributed by atoms with E-state index in [1.807, 2.05) is 0 Å². The van der Waals surface area contributed by atoms with E-state index < -0.39 is 16.4 Å². The molecule has 0 aliphatic carbocycles. The molecule has 0 N–H and O–H groups in total. The molecule has 0 aromatic heterocycles. The van der Waals surface area contributed by atoms with Crippen molar-refractivity contribution in [1.82, 2.24) is 0 Å². The Morgan fingerprint density at radius 2 is 1.48 bits per heavy atom. The van der Waals surface area contributed by atoms with Crippen LogP contribution in [0.25, 0.3) is 0 Å². The second-order valence-electron chi connectivity index (χ2n) is 6.49. The largest absolute Gasteiger partial charge is 0.471 e. The van der Waals surface area contributed by atoms with Gasteiger partial charge in [0.15, 0.2) is 5.78 Å². The third-order valence-corrected chi connectivity index (χ3v) is 4.48. The fourth-order valence-electron chi connectivity index (χ4n) is 2.06. The highest BCUT2D eigenvalue weighted by Gasteiger charge is 2.35. The molecule has 2 aromatic carbocycles. The van der Waals surface area contributed by atoms with Gasteiger partial charge in [0.2, 0.25) is 5.01 Å². The molecular weight excluding hydrogens is 436 g/mol. The summed E-state index contributed by atoms with van der Waals surface area (Å²) in [5.74, 6) is 1.12. The maximum absolute atomic E-state index is 12.5. The highest BCUT2D eigenvalue weighted by molar-refractivity contribution is 9.09. The molecule has 0 bridgehead atoms. The third-order valence-electron chi connectivity index (χ3n) is 3.62.